The van der Waals surface area contributed by atoms with Gasteiger partial charge in [0.05, 0.1) is 0 Å². The number of likely N-dealkylation sites (N-methyl/N-ethyl adjacent to an activating group) is 1. The number of nitrogens with one attached hydrogen (secondary N) is 1. The normalized spacial score (nSPS) is 15.8. The monoisotopic (exact) mass is 341 g/mol. The number of hydrogen-bond donors (Lipinski definition) is 1. The van der Waals surface area contributed by atoms with Crippen molar-refractivity contribution in [3.05, 3.63) is 24.3 Å². The summed E-state index contributed by atoms with van der Waals surface area (Å²) in [7, 11) is 1.75. The largest absolute Gasteiger partial charge is 0.435 e. The fourth-order valence-corrected chi connectivity index (χ4v) is 2.69. The molecule has 7 heteroatoms. The Labute approximate surface area is 141 Å². The second-order valence-corrected chi connectivity index (χ2v) is 6.01. The molecule has 0 atom stereocenters. The van der Waals surface area contributed by atoms with E-state index < -0.39 is 6.61 Å². The average molecular weight is 341 g/mol. The minimum absolute atomic E-state index is 0.0671. The number of likely N-dealkylation sites (tertiary alicyclic amines) is 1. The highest BCUT2D eigenvalue weighted by atomic mass is 19.3. The molecule has 5 nitrogen and oxygen atoms in total. The molecule has 0 saturated carbocycles. The van der Waals surface area contributed by atoms with Crippen molar-refractivity contribution in [1.82, 2.24) is 9.80 Å². The number of hydrogen-bond acceptors (Lipinski definition) is 3. The third-order valence-corrected chi connectivity index (χ3v) is 4.13. The Hall–Kier alpha value is -1.89. The van der Waals surface area contributed by atoms with E-state index in [0.29, 0.717) is 12.2 Å². The quantitative estimate of drug-likeness (QED) is 0.859. The van der Waals surface area contributed by atoms with Gasteiger partial charge in [-0.3, -0.25) is 0 Å². The predicted molar refractivity (Wildman–Crippen MR) is 89.6 cm³/mol. The van der Waals surface area contributed by atoms with Crippen molar-refractivity contribution in [2.45, 2.75) is 32.3 Å². The zero-order valence-corrected chi connectivity index (χ0v) is 14.0. The van der Waals surface area contributed by atoms with Gasteiger partial charge in [0.25, 0.3) is 0 Å². The summed E-state index contributed by atoms with van der Waals surface area (Å²) >= 11 is 0. The van der Waals surface area contributed by atoms with Gasteiger partial charge >= 0.3 is 12.6 Å². The van der Waals surface area contributed by atoms with E-state index in [1.54, 1.807) is 11.9 Å². The molecular formula is C17H25F2N3O2. The molecule has 0 aliphatic carbocycles. The summed E-state index contributed by atoms with van der Waals surface area (Å²) in [4.78, 5) is 16.2. The number of anilines is 1. The highest BCUT2D eigenvalue weighted by molar-refractivity contribution is 5.89. The molecule has 1 aromatic carbocycles. The van der Waals surface area contributed by atoms with E-state index in [4.69, 9.17) is 0 Å². The van der Waals surface area contributed by atoms with Gasteiger partial charge < -0.3 is 19.9 Å². The number of urea groups is 1. The SMILES string of the molecule is CN(CCN1CCCCCC1)C(=O)Nc1ccc(OC(F)F)cc1. The summed E-state index contributed by atoms with van der Waals surface area (Å²) in [6.45, 7) is 0.863. The number of ether oxygens (including phenoxy) is 1. The number of benzene rings is 1. The number of nitrogens with zero attached hydrogens (tertiary/aromatic N) is 2. The van der Waals surface area contributed by atoms with Crippen molar-refractivity contribution in [3.63, 3.8) is 0 Å². The Morgan fingerprint density at radius 3 is 2.42 bits per heavy atom. The van der Waals surface area contributed by atoms with Crippen molar-refractivity contribution < 1.29 is 18.3 Å². The van der Waals surface area contributed by atoms with Crippen molar-refractivity contribution in [2.24, 2.45) is 0 Å². The van der Waals surface area contributed by atoms with Crippen LogP contribution in [0.1, 0.15) is 25.7 Å². The molecule has 2 amide bonds. The maximum atomic E-state index is 12.2. The molecule has 2 rings (SSSR count). The van der Waals surface area contributed by atoms with E-state index in [0.717, 1.165) is 19.6 Å². The average Bonchev–Trinajstić information content (AvgIpc) is 2.82. The summed E-state index contributed by atoms with van der Waals surface area (Å²) in [5, 5.41) is 2.75. The lowest BCUT2D eigenvalue weighted by molar-refractivity contribution is -0.0498. The Morgan fingerprint density at radius 1 is 1.21 bits per heavy atom. The van der Waals surface area contributed by atoms with Gasteiger partial charge in [0.2, 0.25) is 0 Å². The smallest absolute Gasteiger partial charge is 0.387 e. The van der Waals surface area contributed by atoms with E-state index in [9.17, 15) is 13.6 Å². The number of carbonyl (C=O) groups is 1. The molecule has 1 N–H and O–H groups in total. The van der Waals surface area contributed by atoms with E-state index in [-0.39, 0.29) is 11.8 Å². The molecule has 1 aromatic rings. The summed E-state index contributed by atoms with van der Waals surface area (Å²) in [5.41, 5.74) is 0.545. The number of carbonyl (C=O) groups excluding carboxylic acids is 1. The van der Waals surface area contributed by atoms with Crippen LogP contribution in [-0.2, 0) is 0 Å². The molecule has 0 unspecified atom stereocenters. The van der Waals surface area contributed by atoms with Crippen LogP contribution in [0.2, 0.25) is 0 Å². The van der Waals surface area contributed by atoms with Gasteiger partial charge in [-0.1, -0.05) is 12.8 Å². The van der Waals surface area contributed by atoms with Crippen LogP contribution in [-0.4, -0.2) is 55.7 Å². The second-order valence-electron chi connectivity index (χ2n) is 6.01. The van der Waals surface area contributed by atoms with Crippen molar-refractivity contribution in [2.75, 3.05) is 38.5 Å². The number of alkyl halides is 2. The van der Waals surface area contributed by atoms with Crippen molar-refractivity contribution in [3.8, 4) is 5.75 Å². The fourth-order valence-electron chi connectivity index (χ4n) is 2.69. The van der Waals surface area contributed by atoms with E-state index in [2.05, 4.69) is 15.0 Å². The van der Waals surface area contributed by atoms with Gasteiger partial charge in [0.1, 0.15) is 5.75 Å². The molecule has 0 spiro atoms. The van der Waals surface area contributed by atoms with E-state index in [1.807, 2.05) is 0 Å². The third kappa shape index (κ3) is 6.31. The van der Waals surface area contributed by atoms with Crippen molar-refractivity contribution >= 4 is 11.7 Å². The lowest BCUT2D eigenvalue weighted by Crippen LogP contribution is -2.38. The molecule has 1 fully saturated rings. The Balaban J connectivity index is 1.76. The maximum Gasteiger partial charge on any atom is 0.387 e. The first-order valence-electron chi connectivity index (χ1n) is 8.34. The molecule has 0 radical (unpaired) electrons. The van der Waals surface area contributed by atoms with Crippen LogP contribution in [0.3, 0.4) is 0 Å². The molecule has 0 aromatic heterocycles. The molecule has 1 aliphatic heterocycles. The first-order valence-corrected chi connectivity index (χ1v) is 8.34. The highest BCUT2D eigenvalue weighted by Gasteiger charge is 2.13. The van der Waals surface area contributed by atoms with Crippen LogP contribution in [0.15, 0.2) is 24.3 Å². The molecular weight excluding hydrogens is 316 g/mol. The topological polar surface area (TPSA) is 44.8 Å². The van der Waals surface area contributed by atoms with Crippen LogP contribution in [0.5, 0.6) is 5.75 Å². The molecule has 0 bridgehead atoms. The first kappa shape index (κ1) is 18.4. The molecule has 134 valence electrons. The minimum Gasteiger partial charge on any atom is -0.435 e. The van der Waals surface area contributed by atoms with E-state index >= 15 is 0 Å². The van der Waals surface area contributed by atoms with Crippen LogP contribution in [0, 0.1) is 0 Å². The number of rotatable bonds is 6. The molecule has 1 aliphatic rings. The Morgan fingerprint density at radius 2 is 1.83 bits per heavy atom. The number of halogens is 2. The van der Waals surface area contributed by atoms with Crippen molar-refractivity contribution in [1.29, 1.82) is 0 Å². The summed E-state index contributed by atoms with van der Waals surface area (Å²) < 4.78 is 28.5. The van der Waals surface area contributed by atoms with Crippen LogP contribution in [0.4, 0.5) is 19.3 Å². The fraction of sp³-hybridized carbons (Fsp3) is 0.588. The Kier molecular flexibility index (Phi) is 7.24. The highest BCUT2D eigenvalue weighted by Crippen LogP contribution is 2.18. The first-order chi connectivity index (χ1) is 11.5. The van der Waals surface area contributed by atoms with Gasteiger partial charge in [0.15, 0.2) is 0 Å². The zero-order chi connectivity index (χ0) is 17.4. The number of amides is 2. The van der Waals surface area contributed by atoms with Gasteiger partial charge in [-0.05, 0) is 50.2 Å². The zero-order valence-electron chi connectivity index (χ0n) is 14.0. The van der Waals surface area contributed by atoms with Gasteiger partial charge in [-0.15, -0.1) is 0 Å². The maximum absolute atomic E-state index is 12.2. The van der Waals surface area contributed by atoms with Gasteiger partial charge in [0, 0.05) is 25.8 Å². The van der Waals surface area contributed by atoms with E-state index in [1.165, 1.54) is 49.9 Å². The minimum atomic E-state index is -2.85. The summed E-state index contributed by atoms with van der Waals surface area (Å²) in [5.74, 6) is 0.0671. The lowest BCUT2D eigenvalue weighted by Gasteiger charge is -2.24. The van der Waals surface area contributed by atoms with Crippen LogP contribution >= 0.6 is 0 Å². The second kappa shape index (κ2) is 9.42. The van der Waals surface area contributed by atoms with Gasteiger partial charge in [-0.2, -0.15) is 8.78 Å². The summed E-state index contributed by atoms with van der Waals surface area (Å²) in [6.07, 6.45) is 5.03. The molecule has 1 saturated heterocycles. The predicted octanol–water partition coefficient (Wildman–Crippen LogP) is 3.63. The summed E-state index contributed by atoms with van der Waals surface area (Å²) in [6, 6.07) is 5.67. The third-order valence-electron chi connectivity index (χ3n) is 4.13. The van der Waals surface area contributed by atoms with Gasteiger partial charge in [-0.25, -0.2) is 4.79 Å². The lowest BCUT2D eigenvalue weighted by atomic mass is 10.2. The van der Waals surface area contributed by atoms with Crippen LogP contribution < -0.4 is 10.1 Å². The molecule has 1 heterocycles. The van der Waals surface area contributed by atoms with Crippen LogP contribution in [0.25, 0.3) is 0 Å². The standard InChI is InChI=1S/C17H25F2N3O2/c1-21(12-13-22-10-4-2-3-5-11-22)17(23)20-14-6-8-15(9-7-14)24-16(18)19/h6-9,16H,2-5,10-13H2,1H3,(H,20,23). The Bertz CT molecular complexity index is 503. The molecule has 24 heavy (non-hydrogen) atoms.